The van der Waals surface area contributed by atoms with Gasteiger partial charge >= 0.3 is 0 Å². The normalized spacial score (nSPS) is 14.2. The third-order valence-corrected chi connectivity index (χ3v) is 5.23. The van der Waals surface area contributed by atoms with Crippen LogP contribution in [0.5, 0.6) is 0 Å². The molecule has 0 aromatic heterocycles. The summed E-state index contributed by atoms with van der Waals surface area (Å²) in [6.45, 7) is 6.25. The van der Waals surface area contributed by atoms with Crippen LogP contribution in [0.25, 0.3) is 0 Å². The Kier molecular flexibility index (Phi) is 6.09. The van der Waals surface area contributed by atoms with Crippen LogP contribution in [0.2, 0.25) is 0 Å². The lowest BCUT2D eigenvalue weighted by atomic mass is 9.94. The Morgan fingerprint density at radius 1 is 1.04 bits per heavy atom. The number of benzene rings is 2. The molecule has 2 aromatic carbocycles. The minimum atomic E-state index is -0.605. The van der Waals surface area contributed by atoms with Gasteiger partial charge in [-0.3, -0.25) is 14.5 Å². The molecule has 0 saturated carbocycles. The highest BCUT2D eigenvalue weighted by Crippen LogP contribution is 2.24. The summed E-state index contributed by atoms with van der Waals surface area (Å²) in [7, 11) is 0. The van der Waals surface area contributed by atoms with Gasteiger partial charge in [-0.15, -0.1) is 0 Å². The molecule has 6 heteroatoms. The van der Waals surface area contributed by atoms with Crippen LogP contribution in [-0.2, 0) is 17.8 Å². The molecule has 1 aliphatic heterocycles. The highest BCUT2D eigenvalue weighted by molar-refractivity contribution is 5.96. The number of amides is 2. The van der Waals surface area contributed by atoms with Crippen molar-refractivity contribution in [3.8, 4) is 0 Å². The summed E-state index contributed by atoms with van der Waals surface area (Å²) in [6.07, 6.45) is 0.992. The van der Waals surface area contributed by atoms with Crippen LogP contribution in [0.4, 0.5) is 4.39 Å². The largest absolute Gasteiger partial charge is 0.353 e. The fraction of sp³-hybridized carbons (Fsp3) is 0.364. The Morgan fingerprint density at radius 3 is 2.46 bits per heavy atom. The minimum absolute atomic E-state index is 0.0670. The molecule has 1 aliphatic rings. The number of fused-ring (bicyclic) bond motifs is 1. The first kappa shape index (κ1) is 20.0. The van der Waals surface area contributed by atoms with Gasteiger partial charge in [-0.05, 0) is 43.5 Å². The number of nitrogens with zero attached hydrogens (tertiary/aromatic N) is 1. The van der Waals surface area contributed by atoms with E-state index in [1.165, 1.54) is 29.3 Å². The van der Waals surface area contributed by atoms with E-state index in [9.17, 15) is 14.0 Å². The van der Waals surface area contributed by atoms with E-state index in [-0.39, 0.29) is 23.6 Å². The molecule has 0 fully saturated rings. The molecular weight excluding hydrogens is 357 g/mol. The summed E-state index contributed by atoms with van der Waals surface area (Å²) in [5, 5.41) is 5.34. The minimum Gasteiger partial charge on any atom is -0.353 e. The summed E-state index contributed by atoms with van der Waals surface area (Å²) >= 11 is 0. The average molecular weight is 383 g/mol. The zero-order chi connectivity index (χ0) is 20.1. The lowest BCUT2D eigenvalue weighted by Crippen LogP contribution is -2.54. The second-order valence-electron chi connectivity index (χ2n) is 7.69. The lowest BCUT2D eigenvalue weighted by Gasteiger charge is -2.41. The molecule has 2 N–H and O–H groups in total. The topological polar surface area (TPSA) is 61.4 Å². The van der Waals surface area contributed by atoms with Crippen molar-refractivity contribution < 1.29 is 14.0 Å². The molecule has 3 rings (SSSR count). The van der Waals surface area contributed by atoms with Crippen LogP contribution >= 0.6 is 0 Å². The summed E-state index contributed by atoms with van der Waals surface area (Å²) in [5.74, 6) is -1.50. The molecule has 0 atom stereocenters. The maximum absolute atomic E-state index is 13.6. The summed E-state index contributed by atoms with van der Waals surface area (Å²) in [4.78, 5) is 26.5. The van der Waals surface area contributed by atoms with E-state index in [0.717, 1.165) is 19.5 Å². The second-order valence-corrected chi connectivity index (χ2v) is 7.69. The molecule has 1 heterocycles. The molecule has 2 amide bonds. The van der Waals surface area contributed by atoms with Crippen molar-refractivity contribution in [2.24, 2.45) is 0 Å². The van der Waals surface area contributed by atoms with Crippen molar-refractivity contribution in [1.29, 1.82) is 0 Å². The van der Waals surface area contributed by atoms with Gasteiger partial charge in [0.25, 0.3) is 5.91 Å². The Labute approximate surface area is 164 Å². The fourth-order valence-corrected chi connectivity index (χ4v) is 3.40. The summed E-state index contributed by atoms with van der Waals surface area (Å²) < 4.78 is 13.6. The SMILES string of the molecule is CC(C)(CNC(=O)CNC(=O)c1ccccc1F)N1CCc2ccccc2C1. The molecule has 0 saturated heterocycles. The van der Waals surface area contributed by atoms with Crippen LogP contribution in [-0.4, -0.2) is 41.9 Å². The van der Waals surface area contributed by atoms with Crippen LogP contribution in [0.15, 0.2) is 48.5 Å². The Balaban J connectivity index is 1.48. The van der Waals surface area contributed by atoms with Gasteiger partial charge in [0.05, 0.1) is 12.1 Å². The molecule has 28 heavy (non-hydrogen) atoms. The van der Waals surface area contributed by atoms with E-state index in [0.29, 0.717) is 6.54 Å². The van der Waals surface area contributed by atoms with Crippen molar-refractivity contribution in [2.45, 2.75) is 32.4 Å². The summed E-state index contributed by atoms with van der Waals surface area (Å²) in [6, 6.07) is 14.1. The van der Waals surface area contributed by atoms with Crippen molar-refractivity contribution in [3.05, 3.63) is 71.0 Å². The number of nitrogens with one attached hydrogen (secondary N) is 2. The molecule has 0 spiro atoms. The van der Waals surface area contributed by atoms with Gasteiger partial charge < -0.3 is 10.6 Å². The maximum atomic E-state index is 13.6. The van der Waals surface area contributed by atoms with E-state index in [1.54, 1.807) is 6.07 Å². The number of carbonyl (C=O) groups excluding carboxylic acids is 2. The van der Waals surface area contributed by atoms with Crippen LogP contribution in [0.3, 0.4) is 0 Å². The van der Waals surface area contributed by atoms with Crippen LogP contribution in [0.1, 0.15) is 35.3 Å². The van der Waals surface area contributed by atoms with Crippen molar-refractivity contribution in [1.82, 2.24) is 15.5 Å². The monoisotopic (exact) mass is 383 g/mol. The van der Waals surface area contributed by atoms with Crippen molar-refractivity contribution in [2.75, 3.05) is 19.6 Å². The van der Waals surface area contributed by atoms with E-state index in [4.69, 9.17) is 0 Å². The molecule has 0 unspecified atom stereocenters. The molecule has 0 radical (unpaired) electrons. The van der Waals surface area contributed by atoms with E-state index in [1.807, 2.05) is 0 Å². The Hall–Kier alpha value is -2.73. The molecule has 0 aliphatic carbocycles. The lowest BCUT2D eigenvalue weighted by molar-refractivity contribution is -0.120. The van der Waals surface area contributed by atoms with Gasteiger partial charge in [-0.2, -0.15) is 0 Å². The van der Waals surface area contributed by atoms with E-state index >= 15 is 0 Å². The van der Waals surface area contributed by atoms with Crippen molar-refractivity contribution >= 4 is 11.8 Å². The quantitative estimate of drug-likeness (QED) is 0.806. The Morgan fingerprint density at radius 2 is 1.71 bits per heavy atom. The van der Waals surface area contributed by atoms with E-state index in [2.05, 4.69) is 53.6 Å². The number of carbonyl (C=O) groups is 2. The van der Waals surface area contributed by atoms with E-state index < -0.39 is 11.7 Å². The zero-order valence-corrected chi connectivity index (χ0v) is 16.3. The highest BCUT2D eigenvalue weighted by Gasteiger charge is 2.30. The van der Waals surface area contributed by atoms with Gasteiger partial charge in [0.15, 0.2) is 0 Å². The van der Waals surface area contributed by atoms with Crippen LogP contribution in [0, 0.1) is 5.82 Å². The first-order valence-electron chi connectivity index (χ1n) is 9.48. The Bertz CT molecular complexity index is 866. The van der Waals surface area contributed by atoms with Gasteiger partial charge in [0.2, 0.25) is 5.91 Å². The fourth-order valence-electron chi connectivity index (χ4n) is 3.40. The number of hydrogen-bond donors (Lipinski definition) is 2. The second kappa shape index (κ2) is 8.52. The molecule has 148 valence electrons. The van der Waals surface area contributed by atoms with Gasteiger partial charge in [0, 0.05) is 25.2 Å². The predicted molar refractivity (Wildman–Crippen MR) is 106 cm³/mol. The number of hydrogen-bond acceptors (Lipinski definition) is 3. The first-order valence-corrected chi connectivity index (χ1v) is 9.48. The molecular formula is C22H26FN3O2. The number of rotatable bonds is 6. The third-order valence-electron chi connectivity index (χ3n) is 5.23. The van der Waals surface area contributed by atoms with Crippen molar-refractivity contribution in [3.63, 3.8) is 0 Å². The third kappa shape index (κ3) is 4.75. The zero-order valence-electron chi connectivity index (χ0n) is 16.3. The van der Waals surface area contributed by atoms with Crippen LogP contribution < -0.4 is 10.6 Å². The van der Waals surface area contributed by atoms with Gasteiger partial charge in [-0.25, -0.2) is 4.39 Å². The van der Waals surface area contributed by atoms with Gasteiger partial charge in [0.1, 0.15) is 5.82 Å². The number of halogens is 1. The average Bonchev–Trinajstić information content (AvgIpc) is 2.70. The standard InChI is InChI=1S/C22H26FN3O2/c1-22(2,26-12-11-16-7-3-4-8-17(16)14-26)15-25-20(27)13-24-21(28)18-9-5-6-10-19(18)23/h3-10H,11-15H2,1-2H3,(H,24,28)(H,25,27). The smallest absolute Gasteiger partial charge is 0.254 e. The highest BCUT2D eigenvalue weighted by atomic mass is 19.1. The molecule has 5 nitrogen and oxygen atoms in total. The first-order chi connectivity index (χ1) is 13.4. The summed E-state index contributed by atoms with van der Waals surface area (Å²) in [5.41, 5.74) is 2.42. The van der Waals surface area contributed by atoms with Gasteiger partial charge in [-0.1, -0.05) is 36.4 Å². The molecule has 0 bridgehead atoms. The predicted octanol–water partition coefficient (Wildman–Crippen LogP) is 2.51. The molecule has 2 aromatic rings. The maximum Gasteiger partial charge on any atom is 0.254 e.